The van der Waals surface area contributed by atoms with Crippen molar-refractivity contribution in [1.82, 2.24) is 4.90 Å². The van der Waals surface area contributed by atoms with Gasteiger partial charge in [-0.15, -0.1) is 0 Å². The zero-order valence-corrected chi connectivity index (χ0v) is 6.31. The van der Waals surface area contributed by atoms with E-state index in [9.17, 15) is 0 Å². The minimum Gasteiger partial charge on any atom is -0.459 e. The summed E-state index contributed by atoms with van der Waals surface area (Å²) in [5.41, 5.74) is 0. The van der Waals surface area contributed by atoms with Crippen molar-refractivity contribution in [2.24, 2.45) is 5.92 Å². The van der Waals surface area contributed by atoms with Gasteiger partial charge in [0, 0.05) is 0 Å². The summed E-state index contributed by atoms with van der Waals surface area (Å²) in [6.07, 6.45) is 0. The molecular weight excluding hydrogens is 98.1 g/mol. The summed E-state index contributed by atoms with van der Waals surface area (Å²) in [6.45, 7) is 6.58. The van der Waals surface area contributed by atoms with E-state index in [1.165, 1.54) is 0 Å². The molecule has 0 rings (SSSR count). The van der Waals surface area contributed by atoms with E-state index in [0.29, 0.717) is 12.0 Å². The van der Waals surface area contributed by atoms with Gasteiger partial charge >= 0.3 is 0 Å². The molecule has 0 aliphatic heterocycles. The van der Waals surface area contributed by atoms with E-state index in [1.807, 2.05) is 11.9 Å². The van der Waals surface area contributed by atoms with Gasteiger partial charge in [0.05, 0.1) is 0 Å². The van der Waals surface area contributed by atoms with Crippen LogP contribution in [0.25, 0.3) is 0 Å². The molecule has 0 amide bonds. The van der Waals surface area contributed by atoms with Gasteiger partial charge < -0.3 is 4.90 Å². The van der Waals surface area contributed by atoms with E-state index in [-0.39, 0.29) is 0 Å². The topological polar surface area (TPSA) is 3.24 Å². The molecule has 1 nitrogen and oxygen atoms in total. The molecule has 1 atom stereocenters. The number of hydrogen-bond donors (Lipinski definition) is 0. The Hall–Kier alpha value is -0.0400. The molecule has 0 fully saturated rings. The molecule has 0 aliphatic carbocycles. The van der Waals surface area contributed by atoms with Crippen LogP contribution >= 0.6 is 0 Å². The van der Waals surface area contributed by atoms with E-state index < -0.39 is 0 Å². The maximum atomic E-state index is 3.79. The van der Waals surface area contributed by atoms with Crippen LogP contribution in [-0.2, 0) is 0 Å². The summed E-state index contributed by atoms with van der Waals surface area (Å²) < 4.78 is 0. The summed E-state index contributed by atoms with van der Waals surface area (Å²) in [7, 11) is 5.80. The molecule has 0 saturated carbocycles. The Kier molecular flexibility index (Phi) is 3.06. The molecule has 0 radical (unpaired) electrons. The van der Waals surface area contributed by atoms with E-state index in [4.69, 9.17) is 0 Å². The number of hydrogen-bond acceptors (Lipinski definition) is 1. The highest BCUT2D eigenvalue weighted by molar-refractivity contribution is 4.64. The molecule has 0 aromatic carbocycles. The molecule has 0 saturated heterocycles. The largest absolute Gasteiger partial charge is 0.459 e. The maximum Gasteiger partial charge on any atom is -0.0192 e. The Morgan fingerprint density at radius 1 is 1.25 bits per heavy atom. The van der Waals surface area contributed by atoms with E-state index in [0.717, 1.165) is 0 Å². The van der Waals surface area contributed by atoms with Crippen molar-refractivity contribution < 1.29 is 0 Å². The van der Waals surface area contributed by atoms with Crippen molar-refractivity contribution in [2.75, 3.05) is 7.05 Å². The minimum absolute atomic E-state index is 0.593. The van der Waals surface area contributed by atoms with Gasteiger partial charge in [-0.2, -0.15) is 0 Å². The van der Waals surface area contributed by atoms with Gasteiger partial charge in [-0.3, -0.25) is 7.05 Å². The minimum atomic E-state index is 0.593. The van der Waals surface area contributed by atoms with E-state index in [1.54, 1.807) is 0 Å². The second kappa shape index (κ2) is 3.08. The van der Waals surface area contributed by atoms with Crippen LogP contribution in [0.3, 0.4) is 0 Å². The predicted octanol–water partition coefficient (Wildman–Crippen LogP) is 1.75. The van der Waals surface area contributed by atoms with Crippen molar-refractivity contribution in [1.29, 1.82) is 0 Å². The van der Waals surface area contributed by atoms with Gasteiger partial charge in [-0.05, 0) is 19.0 Å². The zero-order chi connectivity index (χ0) is 6.73. The Balaban J connectivity index is 3.46. The molecule has 1 unspecified atom stereocenters. The molecule has 0 N–H and O–H groups in total. The Morgan fingerprint density at radius 3 is 1.62 bits per heavy atom. The first-order chi connectivity index (χ1) is 3.55. The van der Waals surface area contributed by atoms with Crippen molar-refractivity contribution >= 4 is 0 Å². The average Bonchev–Trinajstić information content (AvgIpc) is 1.64. The van der Waals surface area contributed by atoms with Gasteiger partial charge in [-0.25, -0.2) is 0 Å². The summed E-state index contributed by atoms with van der Waals surface area (Å²) in [5.74, 6) is 0.706. The Labute approximate surface area is 52.7 Å². The van der Waals surface area contributed by atoms with Crippen LogP contribution in [0.5, 0.6) is 0 Å². The Bertz CT molecular complexity index is 49.4. The molecule has 1 heteroatoms. The average molecular weight is 114 g/mol. The predicted molar refractivity (Wildman–Crippen MR) is 37.4 cm³/mol. The lowest BCUT2D eigenvalue weighted by molar-refractivity contribution is 0.276. The molecule has 0 aliphatic rings. The van der Waals surface area contributed by atoms with Gasteiger partial charge in [0.1, 0.15) is 0 Å². The highest BCUT2D eigenvalue weighted by Gasteiger charge is 2.02. The zero-order valence-electron chi connectivity index (χ0n) is 6.31. The lowest BCUT2D eigenvalue weighted by atomic mass is 10.1. The maximum absolute atomic E-state index is 3.79. The van der Waals surface area contributed by atoms with Gasteiger partial charge in [0.2, 0.25) is 0 Å². The summed E-state index contributed by atoms with van der Waals surface area (Å²) in [5, 5.41) is 0. The normalized spacial score (nSPS) is 15.4. The van der Waals surface area contributed by atoms with Crippen molar-refractivity contribution in [3.8, 4) is 0 Å². The van der Waals surface area contributed by atoms with Crippen molar-refractivity contribution in [2.45, 2.75) is 26.8 Å². The highest BCUT2D eigenvalue weighted by atomic mass is 15.1. The van der Waals surface area contributed by atoms with Crippen molar-refractivity contribution in [3.05, 3.63) is 7.05 Å². The second-order valence-corrected chi connectivity index (χ2v) is 2.74. The molecule has 0 spiro atoms. The van der Waals surface area contributed by atoms with Crippen LogP contribution in [0.15, 0.2) is 0 Å². The third-order valence-electron chi connectivity index (χ3n) is 1.66. The van der Waals surface area contributed by atoms with Crippen LogP contribution in [0.2, 0.25) is 0 Å². The fourth-order valence-electron chi connectivity index (χ4n) is 0.509. The molecule has 50 valence electrons. The fourth-order valence-corrected chi connectivity index (χ4v) is 0.509. The summed E-state index contributed by atoms with van der Waals surface area (Å²) in [6, 6.07) is 0.593. The second-order valence-electron chi connectivity index (χ2n) is 2.74. The standard InChI is InChI=1S/C7H16N/c1-6(2)7(3)8(4)5/h6-7H,4H2,1-3,5H3/q-1. The van der Waals surface area contributed by atoms with Gasteiger partial charge in [0.25, 0.3) is 0 Å². The quantitative estimate of drug-likeness (QED) is 0.494. The number of rotatable bonds is 2. The molecule has 0 aromatic heterocycles. The molecule has 0 aromatic rings. The summed E-state index contributed by atoms with van der Waals surface area (Å²) >= 11 is 0. The fraction of sp³-hybridized carbons (Fsp3) is 0.857. The molecular formula is C7H16N-. The van der Waals surface area contributed by atoms with Gasteiger partial charge in [0.15, 0.2) is 0 Å². The Morgan fingerprint density at radius 2 is 1.62 bits per heavy atom. The summed E-state index contributed by atoms with van der Waals surface area (Å²) in [4.78, 5) is 1.99. The SMILES string of the molecule is [CH2-]N(C)C(C)C(C)C. The first kappa shape index (κ1) is 7.96. The lowest BCUT2D eigenvalue weighted by Gasteiger charge is -2.30. The van der Waals surface area contributed by atoms with Crippen LogP contribution in [0, 0.1) is 13.0 Å². The first-order valence-corrected chi connectivity index (χ1v) is 3.09. The highest BCUT2D eigenvalue weighted by Crippen LogP contribution is 2.05. The third kappa shape index (κ3) is 2.31. The molecule has 0 heterocycles. The smallest absolute Gasteiger partial charge is 0.0192 e. The van der Waals surface area contributed by atoms with Crippen LogP contribution in [-0.4, -0.2) is 18.0 Å². The molecule has 8 heavy (non-hydrogen) atoms. The molecule has 0 bridgehead atoms. The van der Waals surface area contributed by atoms with Gasteiger partial charge in [-0.1, -0.05) is 20.8 Å². The number of nitrogens with zero attached hydrogens (tertiary/aromatic N) is 1. The van der Waals surface area contributed by atoms with Crippen LogP contribution in [0.4, 0.5) is 0 Å². The van der Waals surface area contributed by atoms with E-state index in [2.05, 4.69) is 27.8 Å². The van der Waals surface area contributed by atoms with Crippen LogP contribution in [0.1, 0.15) is 20.8 Å². The van der Waals surface area contributed by atoms with Crippen LogP contribution < -0.4 is 0 Å². The third-order valence-corrected chi connectivity index (χ3v) is 1.66. The van der Waals surface area contributed by atoms with Crippen molar-refractivity contribution in [3.63, 3.8) is 0 Å². The first-order valence-electron chi connectivity index (χ1n) is 3.09. The lowest BCUT2D eigenvalue weighted by Crippen LogP contribution is -2.27. The van der Waals surface area contributed by atoms with E-state index >= 15 is 0 Å². The monoisotopic (exact) mass is 114 g/mol.